The maximum absolute atomic E-state index is 11.7. The first-order valence-corrected chi connectivity index (χ1v) is 6.40. The van der Waals surface area contributed by atoms with E-state index in [1.807, 2.05) is 49.4 Å². The summed E-state index contributed by atoms with van der Waals surface area (Å²) in [6, 6.07) is 16.9. The van der Waals surface area contributed by atoms with Gasteiger partial charge in [-0.25, -0.2) is 0 Å². The lowest BCUT2D eigenvalue weighted by Gasteiger charge is -1.99. The van der Waals surface area contributed by atoms with E-state index in [1.165, 1.54) is 12.2 Å². The summed E-state index contributed by atoms with van der Waals surface area (Å²) in [6.45, 7) is 1.97. The molecule has 0 saturated heterocycles. The van der Waals surface area contributed by atoms with E-state index >= 15 is 0 Å². The Bertz CT molecular complexity index is 635. The van der Waals surface area contributed by atoms with Gasteiger partial charge in [0.05, 0.1) is 0 Å². The van der Waals surface area contributed by atoms with Crippen LogP contribution in [0.5, 0.6) is 0 Å². The molecule has 2 rings (SSSR count). The predicted octanol–water partition coefficient (Wildman–Crippen LogP) is 4.18. The van der Waals surface area contributed by atoms with Gasteiger partial charge in [-0.15, -0.1) is 0 Å². The van der Waals surface area contributed by atoms with Gasteiger partial charge >= 0.3 is 0 Å². The second-order valence-corrected chi connectivity index (χ2v) is 4.54. The second-order valence-electron chi connectivity index (χ2n) is 4.54. The van der Waals surface area contributed by atoms with Crippen LogP contribution in [-0.2, 0) is 4.79 Å². The van der Waals surface area contributed by atoms with Crippen molar-refractivity contribution in [2.45, 2.75) is 6.92 Å². The Labute approximate surface area is 118 Å². The molecule has 0 heterocycles. The van der Waals surface area contributed by atoms with E-state index < -0.39 is 0 Å². The summed E-state index contributed by atoms with van der Waals surface area (Å²) in [4.78, 5) is 11.7. The number of aryl methyl sites for hydroxylation is 1. The molecule has 2 aromatic rings. The zero-order valence-corrected chi connectivity index (χ0v) is 11.3. The van der Waals surface area contributed by atoms with Crippen LogP contribution in [0.3, 0.4) is 0 Å². The third-order valence-corrected chi connectivity index (χ3v) is 2.87. The summed E-state index contributed by atoms with van der Waals surface area (Å²) in [5, 5.41) is 9.89. The third-order valence-electron chi connectivity index (χ3n) is 2.87. The minimum Gasteiger partial charge on any atom is -0.507 e. The molecule has 0 unspecified atom stereocenters. The van der Waals surface area contributed by atoms with Crippen molar-refractivity contribution in [3.8, 4) is 0 Å². The van der Waals surface area contributed by atoms with Crippen molar-refractivity contribution in [1.29, 1.82) is 0 Å². The van der Waals surface area contributed by atoms with Gasteiger partial charge in [0, 0.05) is 11.6 Å². The molecular weight excluding hydrogens is 248 g/mol. The molecule has 0 aromatic heterocycles. The lowest BCUT2D eigenvalue weighted by molar-refractivity contribution is -0.110. The average Bonchev–Trinajstić information content (AvgIpc) is 2.47. The first kappa shape index (κ1) is 13.8. The first-order chi connectivity index (χ1) is 9.65. The van der Waals surface area contributed by atoms with Gasteiger partial charge in [0.2, 0.25) is 0 Å². The Hall–Kier alpha value is -2.61. The summed E-state index contributed by atoms with van der Waals surface area (Å²) in [6.07, 6.45) is 4.39. The van der Waals surface area contributed by atoms with Crippen LogP contribution >= 0.6 is 0 Å². The summed E-state index contributed by atoms with van der Waals surface area (Å²) < 4.78 is 0. The Kier molecular flexibility index (Phi) is 4.51. The lowest BCUT2D eigenvalue weighted by atomic mass is 10.1. The van der Waals surface area contributed by atoms with Crippen LogP contribution in [0, 0.1) is 6.92 Å². The fraction of sp³-hybridized carbons (Fsp3) is 0.0556. The van der Waals surface area contributed by atoms with Crippen LogP contribution in [0.25, 0.3) is 11.8 Å². The number of benzene rings is 2. The molecule has 0 atom stereocenters. The van der Waals surface area contributed by atoms with Crippen LogP contribution in [0.1, 0.15) is 16.7 Å². The van der Waals surface area contributed by atoms with E-state index in [-0.39, 0.29) is 11.5 Å². The Balaban J connectivity index is 2.08. The van der Waals surface area contributed by atoms with Gasteiger partial charge in [0.25, 0.3) is 0 Å². The highest BCUT2D eigenvalue weighted by Gasteiger charge is 2.00. The van der Waals surface area contributed by atoms with E-state index in [1.54, 1.807) is 18.2 Å². The normalized spacial score (nSPS) is 11.8. The van der Waals surface area contributed by atoms with Crippen molar-refractivity contribution in [1.82, 2.24) is 0 Å². The number of rotatable bonds is 4. The fourth-order valence-corrected chi connectivity index (χ4v) is 1.73. The molecule has 100 valence electrons. The van der Waals surface area contributed by atoms with Crippen molar-refractivity contribution in [2.75, 3.05) is 0 Å². The highest BCUT2D eigenvalue weighted by atomic mass is 16.3. The minimum absolute atomic E-state index is 0.0206. The SMILES string of the molecule is Cc1ccc(/C(O)=C/C(=O)/C=C/c2ccccc2)cc1. The van der Waals surface area contributed by atoms with Gasteiger partial charge in [0.15, 0.2) is 5.78 Å². The van der Waals surface area contributed by atoms with Gasteiger partial charge < -0.3 is 5.11 Å². The van der Waals surface area contributed by atoms with Crippen LogP contribution in [-0.4, -0.2) is 10.9 Å². The summed E-state index contributed by atoms with van der Waals surface area (Å²) in [5.41, 5.74) is 2.69. The Morgan fingerprint density at radius 3 is 2.30 bits per heavy atom. The summed E-state index contributed by atoms with van der Waals surface area (Å²) in [7, 11) is 0. The van der Waals surface area contributed by atoms with Crippen molar-refractivity contribution in [3.05, 3.63) is 83.4 Å². The maximum atomic E-state index is 11.7. The molecule has 0 aliphatic heterocycles. The monoisotopic (exact) mass is 264 g/mol. The third kappa shape index (κ3) is 3.95. The quantitative estimate of drug-likeness (QED) is 0.664. The molecule has 0 aliphatic carbocycles. The number of carbonyl (C=O) groups is 1. The highest BCUT2D eigenvalue weighted by molar-refractivity contribution is 6.05. The minimum atomic E-state index is -0.244. The van der Waals surface area contributed by atoms with E-state index in [0.717, 1.165) is 11.1 Å². The van der Waals surface area contributed by atoms with E-state index in [4.69, 9.17) is 0 Å². The number of aliphatic hydroxyl groups is 1. The molecule has 2 aromatic carbocycles. The second kappa shape index (κ2) is 6.53. The van der Waals surface area contributed by atoms with Crippen molar-refractivity contribution >= 4 is 17.6 Å². The molecule has 0 bridgehead atoms. The zero-order chi connectivity index (χ0) is 14.4. The number of carbonyl (C=O) groups excluding carboxylic acids is 1. The molecule has 2 nitrogen and oxygen atoms in total. The maximum Gasteiger partial charge on any atom is 0.182 e. The lowest BCUT2D eigenvalue weighted by Crippen LogP contribution is -1.90. The molecule has 0 saturated carbocycles. The largest absolute Gasteiger partial charge is 0.507 e. The number of hydrogen-bond donors (Lipinski definition) is 1. The van der Waals surface area contributed by atoms with Crippen molar-refractivity contribution in [2.24, 2.45) is 0 Å². The van der Waals surface area contributed by atoms with E-state index in [2.05, 4.69) is 0 Å². The Morgan fingerprint density at radius 2 is 1.65 bits per heavy atom. The van der Waals surface area contributed by atoms with Gasteiger partial charge in [-0.05, 0) is 18.6 Å². The van der Waals surface area contributed by atoms with Crippen molar-refractivity contribution in [3.63, 3.8) is 0 Å². The van der Waals surface area contributed by atoms with Gasteiger partial charge in [-0.1, -0.05) is 66.2 Å². The van der Waals surface area contributed by atoms with Crippen LogP contribution in [0.2, 0.25) is 0 Å². The fourth-order valence-electron chi connectivity index (χ4n) is 1.73. The number of hydrogen-bond acceptors (Lipinski definition) is 2. The number of ketones is 1. The molecule has 2 heteroatoms. The van der Waals surface area contributed by atoms with Crippen LogP contribution < -0.4 is 0 Å². The smallest absolute Gasteiger partial charge is 0.182 e. The van der Waals surface area contributed by atoms with Gasteiger partial charge in [-0.2, -0.15) is 0 Å². The predicted molar refractivity (Wildman–Crippen MR) is 82.3 cm³/mol. The average molecular weight is 264 g/mol. The first-order valence-electron chi connectivity index (χ1n) is 6.40. The number of allylic oxidation sites excluding steroid dienone is 2. The molecular formula is C18H16O2. The van der Waals surface area contributed by atoms with E-state index in [0.29, 0.717) is 5.56 Å². The van der Waals surface area contributed by atoms with Crippen LogP contribution in [0.4, 0.5) is 0 Å². The van der Waals surface area contributed by atoms with Crippen molar-refractivity contribution < 1.29 is 9.90 Å². The number of aliphatic hydroxyl groups excluding tert-OH is 1. The zero-order valence-electron chi connectivity index (χ0n) is 11.3. The molecule has 1 N–H and O–H groups in total. The molecule has 0 aliphatic rings. The Morgan fingerprint density at radius 1 is 1.00 bits per heavy atom. The topological polar surface area (TPSA) is 37.3 Å². The molecule has 0 spiro atoms. The highest BCUT2D eigenvalue weighted by Crippen LogP contribution is 2.12. The van der Waals surface area contributed by atoms with Gasteiger partial charge in [0.1, 0.15) is 5.76 Å². The molecule has 0 radical (unpaired) electrons. The molecule has 0 fully saturated rings. The standard InChI is InChI=1S/C18H16O2/c1-14-7-10-16(11-8-14)18(20)13-17(19)12-9-15-5-3-2-4-6-15/h2-13,20H,1H3/b12-9+,18-13-. The summed E-state index contributed by atoms with van der Waals surface area (Å²) >= 11 is 0. The van der Waals surface area contributed by atoms with Crippen LogP contribution in [0.15, 0.2) is 66.7 Å². The van der Waals surface area contributed by atoms with E-state index in [9.17, 15) is 9.90 Å². The molecule has 0 amide bonds. The summed E-state index contributed by atoms with van der Waals surface area (Å²) in [5.74, 6) is -0.264. The van der Waals surface area contributed by atoms with Gasteiger partial charge in [-0.3, -0.25) is 4.79 Å². The molecule has 20 heavy (non-hydrogen) atoms.